The van der Waals surface area contributed by atoms with Gasteiger partial charge in [0.25, 0.3) is 0 Å². The summed E-state index contributed by atoms with van der Waals surface area (Å²) in [5.74, 6) is -1.29. The first kappa shape index (κ1) is 13.1. The summed E-state index contributed by atoms with van der Waals surface area (Å²) in [7, 11) is 0. The molecule has 1 atom stereocenters. The highest BCUT2D eigenvalue weighted by molar-refractivity contribution is 9.10. The smallest absolute Gasteiger partial charge is 0.145 e. The number of halogens is 4. The molecule has 6 heteroatoms. The maximum Gasteiger partial charge on any atom is 0.145 e. The summed E-state index contributed by atoms with van der Waals surface area (Å²) in [6, 6.07) is 3.48. The van der Waals surface area contributed by atoms with Crippen molar-refractivity contribution in [2.45, 2.75) is 6.04 Å². The van der Waals surface area contributed by atoms with E-state index in [1.807, 2.05) is 5.38 Å². The molecule has 0 fully saturated rings. The minimum absolute atomic E-state index is 0.117. The molecule has 90 valence electrons. The molecule has 0 aliphatic heterocycles. The average molecular weight is 383 g/mol. The Bertz CT molecular complexity index is 556. The highest BCUT2D eigenvalue weighted by atomic mass is 79.9. The van der Waals surface area contributed by atoms with Crippen molar-refractivity contribution >= 4 is 43.2 Å². The molecule has 1 heterocycles. The van der Waals surface area contributed by atoms with E-state index in [1.54, 1.807) is 6.07 Å². The zero-order valence-corrected chi connectivity index (χ0v) is 12.4. The predicted octanol–water partition coefficient (Wildman–Crippen LogP) is 4.60. The number of hydrogen-bond donors (Lipinski definition) is 1. The van der Waals surface area contributed by atoms with Gasteiger partial charge < -0.3 is 5.73 Å². The Balaban J connectivity index is 2.50. The van der Waals surface area contributed by atoms with Gasteiger partial charge in [-0.15, -0.1) is 11.3 Å². The molecule has 1 aromatic carbocycles. The lowest BCUT2D eigenvalue weighted by molar-refractivity contribution is 0.541. The van der Waals surface area contributed by atoms with Gasteiger partial charge in [0.15, 0.2) is 0 Å². The third-order valence-electron chi connectivity index (χ3n) is 2.28. The molecule has 0 aliphatic rings. The molecule has 1 unspecified atom stereocenters. The number of nitrogens with two attached hydrogens (primary N) is 1. The maximum atomic E-state index is 13.8. The zero-order chi connectivity index (χ0) is 12.6. The van der Waals surface area contributed by atoms with Crippen LogP contribution < -0.4 is 5.73 Å². The van der Waals surface area contributed by atoms with Crippen LogP contribution in [0.25, 0.3) is 0 Å². The molecule has 0 radical (unpaired) electrons. The molecular weight excluding hydrogens is 376 g/mol. The van der Waals surface area contributed by atoms with Crippen LogP contribution in [-0.2, 0) is 0 Å². The van der Waals surface area contributed by atoms with Crippen LogP contribution in [0.15, 0.2) is 32.5 Å². The summed E-state index contributed by atoms with van der Waals surface area (Å²) in [5, 5.41) is 1.82. The second-order valence-electron chi connectivity index (χ2n) is 3.40. The topological polar surface area (TPSA) is 26.0 Å². The van der Waals surface area contributed by atoms with Crippen LogP contribution >= 0.6 is 43.2 Å². The van der Waals surface area contributed by atoms with Crippen LogP contribution in [0.3, 0.4) is 0 Å². The minimum Gasteiger partial charge on any atom is -0.319 e. The lowest BCUT2D eigenvalue weighted by Crippen LogP contribution is -2.14. The zero-order valence-electron chi connectivity index (χ0n) is 8.38. The van der Waals surface area contributed by atoms with Crippen LogP contribution in [0.5, 0.6) is 0 Å². The molecule has 0 amide bonds. The van der Waals surface area contributed by atoms with Gasteiger partial charge in [0.1, 0.15) is 11.6 Å². The average Bonchev–Trinajstić information content (AvgIpc) is 2.71. The van der Waals surface area contributed by atoms with E-state index in [9.17, 15) is 8.78 Å². The molecule has 1 nitrogen and oxygen atoms in total. The fourth-order valence-corrected chi connectivity index (χ4v) is 3.26. The van der Waals surface area contributed by atoms with Crippen molar-refractivity contribution in [3.63, 3.8) is 0 Å². The van der Waals surface area contributed by atoms with Crippen LogP contribution in [0.2, 0.25) is 0 Å². The molecule has 2 N–H and O–H groups in total. The normalized spacial score (nSPS) is 12.8. The molecule has 0 spiro atoms. The maximum absolute atomic E-state index is 13.8. The molecule has 0 saturated carbocycles. The largest absolute Gasteiger partial charge is 0.319 e. The molecule has 1 aromatic heterocycles. The summed E-state index contributed by atoms with van der Waals surface area (Å²) in [6.45, 7) is 0. The van der Waals surface area contributed by atoms with Crippen molar-refractivity contribution in [2.24, 2.45) is 5.73 Å². The molecule has 2 aromatic rings. The van der Waals surface area contributed by atoms with Gasteiger partial charge in [-0.2, -0.15) is 0 Å². The highest BCUT2D eigenvalue weighted by Crippen LogP contribution is 2.33. The van der Waals surface area contributed by atoms with Crippen molar-refractivity contribution in [3.05, 3.63) is 54.6 Å². The van der Waals surface area contributed by atoms with E-state index in [-0.39, 0.29) is 10.0 Å². The summed E-state index contributed by atoms with van der Waals surface area (Å²) < 4.78 is 28.5. The molecule has 0 bridgehead atoms. The second-order valence-corrected chi connectivity index (χ2v) is 6.11. The molecule has 0 aliphatic carbocycles. The minimum atomic E-state index is -0.802. The van der Waals surface area contributed by atoms with E-state index < -0.39 is 17.7 Å². The lowest BCUT2D eigenvalue weighted by atomic mass is 10.1. The lowest BCUT2D eigenvalue weighted by Gasteiger charge is -2.13. The van der Waals surface area contributed by atoms with E-state index in [0.29, 0.717) is 4.88 Å². The first-order valence-electron chi connectivity index (χ1n) is 4.63. The number of hydrogen-bond acceptors (Lipinski definition) is 2. The van der Waals surface area contributed by atoms with Crippen molar-refractivity contribution < 1.29 is 8.78 Å². The van der Waals surface area contributed by atoms with Crippen molar-refractivity contribution in [3.8, 4) is 0 Å². The van der Waals surface area contributed by atoms with Crippen LogP contribution in [0, 0.1) is 11.6 Å². The standard InChI is InChI=1S/C11H7Br2F2NS/c12-5-3-8(17-4-5)11(16)9-7(14)2-1-6(13)10(9)15/h1-4,11H,16H2. The third kappa shape index (κ3) is 2.59. The molecule has 0 saturated heterocycles. The van der Waals surface area contributed by atoms with Crippen LogP contribution in [0.1, 0.15) is 16.5 Å². The summed E-state index contributed by atoms with van der Waals surface area (Å²) in [6.07, 6.45) is 0. The SMILES string of the molecule is NC(c1cc(Br)cs1)c1c(F)ccc(Br)c1F. The van der Waals surface area contributed by atoms with E-state index >= 15 is 0 Å². The Hall–Kier alpha value is -0.300. The third-order valence-corrected chi connectivity index (χ3v) is 4.67. The van der Waals surface area contributed by atoms with Gasteiger partial charge in [0, 0.05) is 20.3 Å². The van der Waals surface area contributed by atoms with Gasteiger partial charge in [0.2, 0.25) is 0 Å². The number of rotatable bonds is 2. The monoisotopic (exact) mass is 381 g/mol. The Morgan fingerprint density at radius 3 is 2.53 bits per heavy atom. The summed E-state index contributed by atoms with van der Waals surface area (Å²) in [5.41, 5.74) is 5.77. The van der Waals surface area contributed by atoms with E-state index in [1.165, 1.54) is 23.5 Å². The van der Waals surface area contributed by atoms with Gasteiger partial charge in [-0.25, -0.2) is 8.78 Å². The Morgan fingerprint density at radius 1 is 1.24 bits per heavy atom. The Kier molecular flexibility index (Phi) is 3.97. The van der Waals surface area contributed by atoms with Crippen molar-refractivity contribution in [1.82, 2.24) is 0 Å². The van der Waals surface area contributed by atoms with Crippen molar-refractivity contribution in [1.29, 1.82) is 0 Å². The Morgan fingerprint density at radius 2 is 1.94 bits per heavy atom. The molecule has 2 rings (SSSR count). The quantitative estimate of drug-likeness (QED) is 0.754. The van der Waals surface area contributed by atoms with Crippen LogP contribution in [0.4, 0.5) is 8.78 Å². The summed E-state index contributed by atoms with van der Waals surface area (Å²) >= 11 is 7.66. The summed E-state index contributed by atoms with van der Waals surface area (Å²) in [4.78, 5) is 0.702. The predicted molar refractivity (Wildman–Crippen MR) is 72.1 cm³/mol. The fraction of sp³-hybridized carbons (Fsp3) is 0.0909. The van der Waals surface area contributed by atoms with Crippen LogP contribution in [-0.4, -0.2) is 0 Å². The van der Waals surface area contributed by atoms with E-state index in [4.69, 9.17) is 5.73 Å². The Labute approximate surface area is 118 Å². The fourth-order valence-electron chi connectivity index (χ4n) is 1.46. The van der Waals surface area contributed by atoms with E-state index in [0.717, 1.165) is 4.47 Å². The molecule has 17 heavy (non-hydrogen) atoms. The van der Waals surface area contributed by atoms with Gasteiger partial charge in [-0.1, -0.05) is 0 Å². The van der Waals surface area contributed by atoms with Gasteiger partial charge >= 0.3 is 0 Å². The van der Waals surface area contributed by atoms with Gasteiger partial charge in [0.05, 0.1) is 10.5 Å². The number of thiophene rings is 1. The second kappa shape index (κ2) is 5.14. The molecular formula is C11H7Br2F2NS. The van der Waals surface area contributed by atoms with Gasteiger partial charge in [-0.05, 0) is 50.1 Å². The van der Waals surface area contributed by atoms with Gasteiger partial charge in [-0.3, -0.25) is 0 Å². The van der Waals surface area contributed by atoms with Crippen molar-refractivity contribution in [2.75, 3.05) is 0 Å². The van der Waals surface area contributed by atoms with E-state index in [2.05, 4.69) is 31.9 Å². The first-order chi connectivity index (χ1) is 8.00. The first-order valence-corrected chi connectivity index (χ1v) is 7.10. The highest BCUT2D eigenvalue weighted by Gasteiger charge is 2.21. The number of benzene rings is 1.